The van der Waals surface area contributed by atoms with E-state index >= 15 is 0 Å². The van der Waals surface area contributed by atoms with Gasteiger partial charge in [-0.25, -0.2) is 4.79 Å². The molecule has 2 aliphatic rings. The number of nitrogens with zero attached hydrogens (tertiary/aromatic N) is 1. The highest BCUT2D eigenvalue weighted by Gasteiger charge is 2.35. The molecule has 2 atom stereocenters. The summed E-state index contributed by atoms with van der Waals surface area (Å²) < 4.78 is 0. The number of nitrogens with one attached hydrogen (secondary N) is 1. The lowest BCUT2D eigenvalue weighted by Gasteiger charge is -2.26. The van der Waals surface area contributed by atoms with Gasteiger partial charge in [0.1, 0.15) is 0 Å². The molecular formula is C12H22N2O2S. The van der Waals surface area contributed by atoms with Gasteiger partial charge in [0.2, 0.25) is 0 Å². The Bertz CT molecular complexity index is 271. The maximum Gasteiger partial charge on any atom is 0.317 e. The van der Waals surface area contributed by atoms with E-state index in [1.54, 1.807) is 4.90 Å². The molecular weight excluding hydrogens is 236 g/mol. The van der Waals surface area contributed by atoms with Gasteiger partial charge in [0, 0.05) is 23.9 Å². The van der Waals surface area contributed by atoms with Gasteiger partial charge in [-0.1, -0.05) is 6.42 Å². The number of aliphatic hydroxyl groups is 1. The van der Waals surface area contributed by atoms with Crippen molar-refractivity contribution in [2.24, 2.45) is 0 Å². The van der Waals surface area contributed by atoms with Crippen LogP contribution in [0.15, 0.2) is 0 Å². The van der Waals surface area contributed by atoms with Crippen LogP contribution in [-0.4, -0.2) is 52.8 Å². The van der Waals surface area contributed by atoms with E-state index in [9.17, 15) is 4.79 Å². The summed E-state index contributed by atoms with van der Waals surface area (Å²) in [7, 11) is 0. The monoisotopic (exact) mass is 258 g/mol. The molecule has 98 valence electrons. The molecule has 0 aromatic rings. The summed E-state index contributed by atoms with van der Waals surface area (Å²) in [5.74, 6) is 0. The van der Waals surface area contributed by atoms with Gasteiger partial charge in [-0.05, 0) is 31.9 Å². The van der Waals surface area contributed by atoms with E-state index in [2.05, 4.69) is 11.6 Å². The van der Waals surface area contributed by atoms with Crippen molar-refractivity contribution >= 4 is 17.8 Å². The van der Waals surface area contributed by atoms with Crippen molar-refractivity contribution in [3.8, 4) is 0 Å². The summed E-state index contributed by atoms with van der Waals surface area (Å²) >= 11 is 1.85. The van der Waals surface area contributed by atoms with Crippen LogP contribution in [0.25, 0.3) is 0 Å². The number of aliphatic hydroxyl groups excluding tert-OH is 1. The van der Waals surface area contributed by atoms with Crippen LogP contribution in [0, 0.1) is 0 Å². The van der Waals surface area contributed by atoms with Crippen LogP contribution in [0.5, 0.6) is 0 Å². The van der Waals surface area contributed by atoms with Crippen LogP contribution in [0.2, 0.25) is 0 Å². The number of carbonyl (C=O) groups is 1. The maximum atomic E-state index is 12.1. The Morgan fingerprint density at radius 1 is 1.41 bits per heavy atom. The Balaban J connectivity index is 1.85. The molecule has 2 fully saturated rings. The average Bonchev–Trinajstić information content (AvgIpc) is 3.06. The second-order valence-corrected chi connectivity index (χ2v) is 5.99. The highest BCUT2D eigenvalue weighted by atomic mass is 32.2. The summed E-state index contributed by atoms with van der Waals surface area (Å²) in [5.41, 5.74) is 0. The van der Waals surface area contributed by atoms with E-state index < -0.39 is 0 Å². The van der Waals surface area contributed by atoms with E-state index in [1.165, 1.54) is 12.8 Å². The molecule has 0 aromatic carbocycles. The number of urea groups is 1. The van der Waals surface area contributed by atoms with Crippen molar-refractivity contribution in [3.63, 3.8) is 0 Å². The molecule has 0 unspecified atom stereocenters. The second-order valence-electron chi connectivity index (χ2n) is 4.91. The Morgan fingerprint density at radius 2 is 2.18 bits per heavy atom. The third kappa shape index (κ3) is 3.28. The normalized spacial score (nSPS) is 28.1. The van der Waals surface area contributed by atoms with Crippen LogP contribution in [0.4, 0.5) is 4.79 Å². The Kier molecular flexibility index (Phi) is 4.56. The predicted molar refractivity (Wildman–Crippen MR) is 70.3 cm³/mol. The molecule has 2 aliphatic carbocycles. The topological polar surface area (TPSA) is 52.6 Å². The first-order chi connectivity index (χ1) is 8.26. The molecule has 2 N–H and O–H groups in total. The van der Waals surface area contributed by atoms with Gasteiger partial charge in [-0.15, -0.1) is 0 Å². The third-order valence-electron chi connectivity index (χ3n) is 3.65. The fraction of sp³-hybridized carbons (Fsp3) is 0.917. The number of hydrogen-bond donors (Lipinski definition) is 2. The molecule has 2 amide bonds. The maximum absolute atomic E-state index is 12.1. The van der Waals surface area contributed by atoms with Gasteiger partial charge in [-0.2, -0.15) is 11.8 Å². The van der Waals surface area contributed by atoms with Gasteiger partial charge in [0.15, 0.2) is 0 Å². The molecule has 0 aromatic heterocycles. The average molecular weight is 258 g/mol. The minimum absolute atomic E-state index is 0.0208. The quantitative estimate of drug-likeness (QED) is 0.784. The van der Waals surface area contributed by atoms with E-state index in [0.717, 1.165) is 19.3 Å². The molecule has 2 saturated carbocycles. The van der Waals surface area contributed by atoms with Crippen LogP contribution in [0.3, 0.4) is 0 Å². The second kappa shape index (κ2) is 5.96. The molecule has 5 heteroatoms. The predicted octanol–water partition coefficient (Wildman–Crippen LogP) is 1.44. The summed E-state index contributed by atoms with van der Waals surface area (Å²) in [6.07, 6.45) is 7.79. The van der Waals surface area contributed by atoms with Gasteiger partial charge in [0.25, 0.3) is 0 Å². The first-order valence-corrected chi connectivity index (χ1v) is 7.76. The zero-order chi connectivity index (χ0) is 12.3. The standard InChI is InChI=1S/C12H22N2O2S/c1-17-11-4-2-3-10(11)13-12(16)14(7-8-15)9-5-6-9/h9-11,15H,2-8H2,1H3,(H,13,16)/t10-,11+/m0/s1. The summed E-state index contributed by atoms with van der Waals surface area (Å²) in [6.45, 7) is 0.522. The number of rotatable bonds is 5. The van der Waals surface area contributed by atoms with Crippen molar-refractivity contribution < 1.29 is 9.90 Å². The van der Waals surface area contributed by atoms with E-state index in [-0.39, 0.29) is 12.6 Å². The van der Waals surface area contributed by atoms with Crippen molar-refractivity contribution in [1.29, 1.82) is 0 Å². The first-order valence-electron chi connectivity index (χ1n) is 6.47. The molecule has 0 saturated heterocycles. The lowest BCUT2D eigenvalue weighted by Crippen LogP contribution is -2.48. The Morgan fingerprint density at radius 3 is 2.76 bits per heavy atom. The molecule has 0 spiro atoms. The Hall–Kier alpha value is -0.420. The molecule has 0 radical (unpaired) electrons. The van der Waals surface area contributed by atoms with Gasteiger partial charge >= 0.3 is 6.03 Å². The van der Waals surface area contributed by atoms with E-state index in [0.29, 0.717) is 23.9 Å². The smallest absolute Gasteiger partial charge is 0.317 e. The molecule has 4 nitrogen and oxygen atoms in total. The van der Waals surface area contributed by atoms with Gasteiger partial charge in [0.05, 0.1) is 6.61 Å². The fourth-order valence-electron chi connectivity index (χ4n) is 2.56. The zero-order valence-electron chi connectivity index (χ0n) is 10.4. The summed E-state index contributed by atoms with van der Waals surface area (Å²) in [4.78, 5) is 13.9. The summed E-state index contributed by atoms with van der Waals surface area (Å²) in [6, 6.07) is 0.709. The molecule has 17 heavy (non-hydrogen) atoms. The molecule has 0 bridgehead atoms. The highest BCUT2D eigenvalue weighted by Crippen LogP contribution is 2.30. The molecule has 2 rings (SSSR count). The number of thioether (sulfide) groups is 1. The van der Waals surface area contributed by atoms with Gasteiger partial charge in [-0.3, -0.25) is 0 Å². The number of carbonyl (C=O) groups excluding carboxylic acids is 1. The van der Waals surface area contributed by atoms with Crippen LogP contribution in [0.1, 0.15) is 32.1 Å². The van der Waals surface area contributed by atoms with Crippen molar-refractivity contribution in [3.05, 3.63) is 0 Å². The number of amides is 2. The molecule has 0 aliphatic heterocycles. The van der Waals surface area contributed by atoms with Crippen molar-refractivity contribution in [2.75, 3.05) is 19.4 Å². The lowest BCUT2D eigenvalue weighted by atomic mass is 10.2. The van der Waals surface area contributed by atoms with Crippen molar-refractivity contribution in [1.82, 2.24) is 10.2 Å². The Labute approximate surface area is 107 Å². The molecule has 0 heterocycles. The SMILES string of the molecule is CS[C@@H]1CCC[C@@H]1NC(=O)N(CCO)C1CC1. The summed E-state index contributed by atoms with van der Waals surface area (Å²) in [5, 5.41) is 12.7. The van der Waals surface area contributed by atoms with Crippen LogP contribution >= 0.6 is 11.8 Å². The van der Waals surface area contributed by atoms with Crippen molar-refractivity contribution in [2.45, 2.75) is 49.4 Å². The van der Waals surface area contributed by atoms with Gasteiger partial charge < -0.3 is 15.3 Å². The fourth-order valence-corrected chi connectivity index (χ4v) is 3.49. The number of hydrogen-bond acceptors (Lipinski definition) is 3. The van der Waals surface area contributed by atoms with Crippen LogP contribution in [-0.2, 0) is 0 Å². The van der Waals surface area contributed by atoms with E-state index in [1.807, 2.05) is 11.8 Å². The largest absolute Gasteiger partial charge is 0.395 e. The van der Waals surface area contributed by atoms with Crippen LogP contribution < -0.4 is 5.32 Å². The minimum atomic E-state index is 0.0208. The minimum Gasteiger partial charge on any atom is -0.395 e. The third-order valence-corrected chi connectivity index (χ3v) is 4.82. The highest BCUT2D eigenvalue weighted by molar-refractivity contribution is 7.99. The van der Waals surface area contributed by atoms with E-state index in [4.69, 9.17) is 5.11 Å². The zero-order valence-corrected chi connectivity index (χ0v) is 11.2. The lowest BCUT2D eigenvalue weighted by molar-refractivity contribution is 0.171. The first kappa shape index (κ1) is 13.0.